The van der Waals surface area contributed by atoms with Crippen molar-refractivity contribution in [1.29, 1.82) is 0 Å². The lowest BCUT2D eigenvalue weighted by molar-refractivity contribution is -0.146. The molecule has 0 radical (unpaired) electrons. The number of likely N-dealkylation sites (tertiary alicyclic amines) is 1. The molecule has 0 aromatic heterocycles. The highest BCUT2D eigenvalue weighted by molar-refractivity contribution is 5.84. The second kappa shape index (κ2) is 6.30. The molecule has 0 unspecified atom stereocenters. The maximum atomic E-state index is 13.6. The fourth-order valence-corrected chi connectivity index (χ4v) is 3.50. The van der Waals surface area contributed by atoms with Gasteiger partial charge in [-0.3, -0.25) is 9.59 Å². The minimum Gasteiger partial charge on any atom is -0.345 e. The van der Waals surface area contributed by atoms with Gasteiger partial charge in [0, 0.05) is 27.1 Å². The molecular weight excluding hydrogens is 295 g/mol. The van der Waals surface area contributed by atoms with Crippen molar-refractivity contribution in [2.75, 3.05) is 20.6 Å². The summed E-state index contributed by atoms with van der Waals surface area (Å²) in [5, 5.41) is 0. The standard InChI is InChI=1S/C18H23FN2O2/c1-20(11-12-6-7-12)18(23)15-8-9-16(22)21(2)17(15)13-4-3-5-14(19)10-13/h3-5,10,12,15,17H,6-9,11H2,1-2H3/t15-,17+/m1/s1. The van der Waals surface area contributed by atoms with Gasteiger partial charge in [0.15, 0.2) is 0 Å². The van der Waals surface area contributed by atoms with Gasteiger partial charge in [0.25, 0.3) is 0 Å². The zero-order chi connectivity index (χ0) is 16.6. The normalized spacial score (nSPS) is 24.7. The second-order valence-corrected chi connectivity index (χ2v) is 6.81. The van der Waals surface area contributed by atoms with Gasteiger partial charge in [-0.05, 0) is 42.9 Å². The van der Waals surface area contributed by atoms with Gasteiger partial charge >= 0.3 is 0 Å². The summed E-state index contributed by atoms with van der Waals surface area (Å²) in [6.45, 7) is 0.781. The largest absolute Gasteiger partial charge is 0.345 e. The molecule has 1 aliphatic heterocycles. The summed E-state index contributed by atoms with van der Waals surface area (Å²) in [7, 11) is 3.54. The Kier molecular flexibility index (Phi) is 4.37. The van der Waals surface area contributed by atoms with Crippen molar-refractivity contribution in [2.24, 2.45) is 11.8 Å². The van der Waals surface area contributed by atoms with E-state index in [1.807, 2.05) is 7.05 Å². The summed E-state index contributed by atoms with van der Waals surface area (Å²) >= 11 is 0. The first-order valence-corrected chi connectivity index (χ1v) is 8.23. The number of carbonyl (C=O) groups is 2. The third-order valence-corrected chi connectivity index (χ3v) is 4.97. The van der Waals surface area contributed by atoms with Crippen molar-refractivity contribution in [2.45, 2.75) is 31.7 Å². The van der Waals surface area contributed by atoms with E-state index in [0.29, 0.717) is 24.3 Å². The van der Waals surface area contributed by atoms with Crippen molar-refractivity contribution >= 4 is 11.8 Å². The summed E-state index contributed by atoms with van der Waals surface area (Å²) < 4.78 is 13.6. The van der Waals surface area contributed by atoms with Crippen LogP contribution in [0.3, 0.4) is 0 Å². The summed E-state index contributed by atoms with van der Waals surface area (Å²) in [6.07, 6.45) is 3.27. The van der Waals surface area contributed by atoms with Gasteiger partial charge in [-0.25, -0.2) is 4.39 Å². The molecule has 1 saturated carbocycles. The lowest BCUT2D eigenvalue weighted by atomic mass is 9.83. The molecule has 1 aromatic rings. The molecule has 2 atom stereocenters. The molecule has 124 valence electrons. The Morgan fingerprint density at radius 3 is 2.74 bits per heavy atom. The van der Waals surface area contributed by atoms with E-state index in [1.165, 1.54) is 25.0 Å². The van der Waals surface area contributed by atoms with Gasteiger partial charge in [0.2, 0.25) is 11.8 Å². The molecule has 2 amide bonds. The number of carbonyl (C=O) groups excluding carboxylic acids is 2. The van der Waals surface area contributed by atoms with Crippen molar-refractivity contribution in [3.8, 4) is 0 Å². The van der Waals surface area contributed by atoms with Crippen LogP contribution in [-0.2, 0) is 9.59 Å². The Balaban J connectivity index is 1.86. The molecule has 23 heavy (non-hydrogen) atoms. The molecule has 5 heteroatoms. The Bertz CT molecular complexity index is 615. The number of piperidine rings is 1. The average Bonchev–Trinajstić information content (AvgIpc) is 3.33. The highest BCUT2D eigenvalue weighted by Gasteiger charge is 2.40. The predicted octanol–water partition coefficient (Wildman–Crippen LogP) is 2.60. The number of hydrogen-bond donors (Lipinski definition) is 0. The lowest BCUT2D eigenvalue weighted by Gasteiger charge is -2.40. The van der Waals surface area contributed by atoms with Crippen LogP contribution in [0.5, 0.6) is 0 Å². The predicted molar refractivity (Wildman–Crippen MR) is 85.0 cm³/mol. The smallest absolute Gasteiger partial charge is 0.227 e. The third kappa shape index (κ3) is 3.38. The number of rotatable bonds is 4. The van der Waals surface area contributed by atoms with E-state index >= 15 is 0 Å². The van der Waals surface area contributed by atoms with E-state index in [0.717, 1.165) is 6.54 Å². The van der Waals surface area contributed by atoms with Crippen molar-refractivity contribution < 1.29 is 14.0 Å². The first-order valence-electron chi connectivity index (χ1n) is 8.23. The Hall–Kier alpha value is -1.91. The lowest BCUT2D eigenvalue weighted by Crippen LogP contribution is -2.47. The first-order chi connectivity index (χ1) is 11.0. The van der Waals surface area contributed by atoms with Crippen molar-refractivity contribution in [3.05, 3.63) is 35.6 Å². The van der Waals surface area contributed by atoms with Crippen LogP contribution in [0.15, 0.2) is 24.3 Å². The van der Waals surface area contributed by atoms with Crippen LogP contribution < -0.4 is 0 Å². The Labute approximate surface area is 136 Å². The van der Waals surface area contributed by atoms with E-state index in [4.69, 9.17) is 0 Å². The van der Waals surface area contributed by atoms with Crippen LogP contribution in [-0.4, -0.2) is 42.3 Å². The van der Waals surface area contributed by atoms with Crippen LogP contribution >= 0.6 is 0 Å². The molecule has 1 aromatic carbocycles. The maximum absolute atomic E-state index is 13.6. The third-order valence-electron chi connectivity index (χ3n) is 4.97. The quantitative estimate of drug-likeness (QED) is 0.856. The molecule has 1 heterocycles. The van der Waals surface area contributed by atoms with E-state index < -0.39 is 0 Å². The molecule has 1 aliphatic carbocycles. The zero-order valence-electron chi connectivity index (χ0n) is 13.7. The molecule has 0 bridgehead atoms. The average molecular weight is 318 g/mol. The second-order valence-electron chi connectivity index (χ2n) is 6.81. The van der Waals surface area contributed by atoms with E-state index in [2.05, 4.69) is 0 Å². The topological polar surface area (TPSA) is 40.6 Å². The molecule has 0 N–H and O–H groups in total. The fraction of sp³-hybridized carbons (Fsp3) is 0.556. The number of hydrogen-bond acceptors (Lipinski definition) is 2. The maximum Gasteiger partial charge on any atom is 0.227 e. The van der Waals surface area contributed by atoms with Gasteiger partial charge in [0.1, 0.15) is 5.82 Å². The van der Waals surface area contributed by atoms with Crippen LogP contribution in [0.1, 0.15) is 37.3 Å². The molecule has 1 saturated heterocycles. The molecule has 2 fully saturated rings. The molecule has 2 aliphatic rings. The van der Waals surface area contributed by atoms with Gasteiger partial charge in [0.05, 0.1) is 12.0 Å². The summed E-state index contributed by atoms with van der Waals surface area (Å²) in [5.41, 5.74) is 0.693. The van der Waals surface area contributed by atoms with E-state index in [1.54, 1.807) is 29.0 Å². The number of benzene rings is 1. The van der Waals surface area contributed by atoms with Crippen molar-refractivity contribution in [3.63, 3.8) is 0 Å². The van der Waals surface area contributed by atoms with Crippen LogP contribution in [0, 0.1) is 17.7 Å². The highest BCUT2D eigenvalue weighted by Crippen LogP contribution is 2.38. The SMILES string of the molecule is CN(CC1CC1)C(=O)[C@@H]1CCC(=O)N(C)[C@H]1c1cccc(F)c1. The van der Waals surface area contributed by atoms with E-state index in [9.17, 15) is 14.0 Å². The fourth-order valence-electron chi connectivity index (χ4n) is 3.50. The number of halogens is 1. The van der Waals surface area contributed by atoms with Crippen LogP contribution in [0.25, 0.3) is 0 Å². The summed E-state index contributed by atoms with van der Waals surface area (Å²) in [4.78, 5) is 28.4. The highest BCUT2D eigenvalue weighted by atomic mass is 19.1. The number of amides is 2. The molecule has 3 rings (SSSR count). The number of nitrogens with zero attached hydrogens (tertiary/aromatic N) is 2. The molecule has 0 spiro atoms. The minimum atomic E-state index is -0.388. The molecular formula is C18H23FN2O2. The minimum absolute atomic E-state index is 0.00755. The van der Waals surface area contributed by atoms with Crippen LogP contribution in [0.2, 0.25) is 0 Å². The molecule has 4 nitrogen and oxygen atoms in total. The monoisotopic (exact) mass is 318 g/mol. The van der Waals surface area contributed by atoms with Gasteiger partial charge < -0.3 is 9.80 Å². The van der Waals surface area contributed by atoms with Gasteiger partial charge in [-0.15, -0.1) is 0 Å². The summed E-state index contributed by atoms with van der Waals surface area (Å²) in [5.74, 6) is 0.0490. The van der Waals surface area contributed by atoms with Gasteiger partial charge in [-0.2, -0.15) is 0 Å². The zero-order valence-corrected chi connectivity index (χ0v) is 13.7. The Morgan fingerprint density at radius 2 is 2.09 bits per heavy atom. The van der Waals surface area contributed by atoms with Crippen LogP contribution in [0.4, 0.5) is 4.39 Å². The summed E-state index contributed by atoms with van der Waals surface area (Å²) in [6, 6.07) is 5.85. The van der Waals surface area contributed by atoms with Crippen molar-refractivity contribution in [1.82, 2.24) is 9.80 Å². The first kappa shape index (κ1) is 16.0. The Morgan fingerprint density at radius 1 is 1.35 bits per heavy atom. The van der Waals surface area contributed by atoms with E-state index in [-0.39, 0.29) is 29.6 Å². The van der Waals surface area contributed by atoms with Gasteiger partial charge in [-0.1, -0.05) is 12.1 Å².